The Kier molecular flexibility index (Phi) is 3.61. The molecule has 88 valence electrons. The first-order valence-corrected chi connectivity index (χ1v) is 6.14. The van der Waals surface area contributed by atoms with Gasteiger partial charge in [-0.2, -0.15) is 0 Å². The molecule has 17 heavy (non-hydrogen) atoms. The molecule has 0 unspecified atom stereocenters. The molecule has 2 aromatic rings. The number of nitrogen functional groups attached to an aromatic ring is 1. The smallest absolute Gasteiger partial charge is 0.253 e. The fraction of sp³-hybridized carbons (Fsp3) is 0.0909. The number of nitrogens with two attached hydrogens (primary N) is 1. The maximum absolute atomic E-state index is 11.8. The molecule has 0 aliphatic carbocycles. The minimum Gasteiger partial charge on any atom is -0.398 e. The molecule has 2 rings (SSSR count). The predicted molar refractivity (Wildman–Crippen MR) is 69.1 cm³/mol. The number of carbonyl (C=O) groups excluding carboxylic acids is 1. The number of carbonyl (C=O) groups is 1. The van der Waals surface area contributed by atoms with Crippen molar-refractivity contribution in [2.75, 3.05) is 5.73 Å². The van der Waals surface area contributed by atoms with Crippen molar-refractivity contribution in [2.45, 2.75) is 6.54 Å². The maximum atomic E-state index is 11.8. The zero-order chi connectivity index (χ0) is 12.3. The van der Waals surface area contributed by atoms with Gasteiger partial charge in [0.1, 0.15) is 5.01 Å². The number of aromatic nitrogens is 1. The topological polar surface area (TPSA) is 68.0 Å². The first kappa shape index (κ1) is 11.9. The van der Waals surface area contributed by atoms with Gasteiger partial charge in [-0.15, -0.1) is 11.3 Å². The number of thiazole rings is 1. The van der Waals surface area contributed by atoms with E-state index in [1.807, 2.05) is 5.38 Å². The summed E-state index contributed by atoms with van der Waals surface area (Å²) >= 11 is 7.25. The van der Waals surface area contributed by atoms with Gasteiger partial charge < -0.3 is 11.1 Å². The van der Waals surface area contributed by atoms with Gasteiger partial charge in [-0.1, -0.05) is 11.6 Å². The lowest BCUT2D eigenvalue weighted by atomic mass is 10.1. The highest BCUT2D eigenvalue weighted by Crippen LogP contribution is 2.18. The van der Waals surface area contributed by atoms with Crippen LogP contribution >= 0.6 is 22.9 Å². The molecule has 4 nitrogen and oxygen atoms in total. The van der Waals surface area contributed by atoms with E-state index < -0.39 is 0 Å². The standard InChI is InChI=1S/C11H10ClN3OS/c12-7-1-2-8(9(13)5-7)11(16)15-6-10-14-3-4-17-10/h1-5H,6,13H2,(H,15,16). The number of hydrogen-bond acceptors (Lipinski definition) is 4. The molecular weight excluding hydrogens is 258 g/mol. The number of rotatable bonds is 3. The van der Waals surface area contributed by atoms with Crippen LogP contribution < -0.4 is 11.1 Å². The molecule has 0 saturated heterocycles. The van der Waals surface area contributed by atoms with Crippen LogP contribution in [0.15, 0.2) is 29.8 Å². The average Bonchev–Trinajstić information content (AvgIpc) is 2.78. The molecule has 0 atom stereocenters. The number of anilines is 1. The summed E-state index contributed by atoms with van der Waals surface area (Å²) in [4.78, 5) is 15.9. The van der Waals surface area contributed by atoms with Crippen molar-refractivity contribution in [3.63, 3.8) is 0 Å². The molecule has 1 aromatic heterocycles. The molecule has 0 bridgehead atoms. The van der Waals surface area contributed by atoms with Gasteiger partial charge in [0.2, 0.25) is 0 Å². The molecule has 1 amide bonds. The molecular formula is C11H10ClN3OS. The lowest BCUT2D eigenvalue weighted by Crippen LogP contribution is -2.23. The van der Waals surface area contributed by atoms with Gasteiger partial charge in [0.15, 0.2) is 0 Å². The van der Waals surface area contributed by atoms with Crippen LogP contribution in [-0.4, -0.2) is 10.9 Å². The maximum Gasteiger partial charge on any atom is 0.253 e. The molecule has 1 heterocycles. The third-order valence-corrected chi connectivity index (χ3v) is 3.16. The van der Waals surface area contributed by atoms with Gasteiger partial charge >= 0.3 is 0 Å². The summed E-state index contributed by atoms with van der Waals surface area (Å²) in [6.45, 7) is 0.401. The van der Waals surface area contributed by atoms with Gasteiger partial charge in [0.25, 0.3) is 5.91 Å². The van der Waals surface area contributed by atoms with Gasteiger partial charge in [0.05, 0.1) is 12.1 Å². The minimum atomic E-state index is -0.227. The first-order valence-electron chi connectivity index (χ1n) is 4.88. The first-order chi connectivity index (χ1) is 8.16. The fourth-order valence-electron chi connectivity index (χ4n) is 1.33. The molecule has 3 N–H and O–H groups in total. The third-order valence-electron chi connectivity index (χ3n) is 2.14. The number of nitrogens with one attached hydrogen (secondary N) is 1. The van der Waals surface area contributed by atoms with Crippen molar-refractivity contribution in [1.29, 1.82) is 0 Å². The summed E-state index contributed by atoms with van der Waals surface area (Å²) in [5, 5.41) is 5.97. The van der Waals surface area contributed by atoms with Crippen molar-refractivity contribution in [2.24, 2.45) is 0 Å². The monoisotopic (exact) mass is 267 g/mol. The number of benzene rings is 1. The second-order valence-electron chi connectivity index (χ2n) is 3.34. The molecule has 0 saturated carbocycles. The fourth-order valence-corrected chi connectivity index (χ4v) is 2.07. The van der Waals surface area contributed by atoms with E-state index in [1.54, 1.807) is 24.4 Å². The Bertz CT molecular complexity index is 528. The zero-order valence-electron chi connectivity index (χ0n) is 8.81. The van der Waals surface area contributed by atoms with Crippen LogP contribution in [0.3, 0.4) is 0 Å². The van der Waals surface area contributed by atoms with E-state index in [1.165, 1.54) is 11.3 Å². The number of halogens is 1. The number of hydrogen-bond donors (Lipinski definition) is 2. The molecule has 6 heteroatoms. The van der Waals surface area contributed by atoms with E-state index in [-0.39, 0.29) is 5.91 Å². The predicted octanol–water partition coefficient (Wildman–Crippen LogP) is 2.31. The third kappa shape index (κ3) is 2.95. The van der Waals surface area contributed by atoms with E-state index in [0.29, 0.717) is 22.8 Å². The second kappa shape index (κ2) is 5.16. The highest BCUT2D eigenvalue weighted by atomic mass is 35.5. The van der Waals surface area contributed by atoms with Gasteiger partial charge in [-0.25, -0.2) is 4.98 Å². The summed E-state index contributed by atoms with van der Waals surface area (Å²) in [6, 6.07) is 4.80. The average molecular weight is 268 g/mol. The van der Waals surface area contributed by atoms with Gasteiger partial charge in [-0.3, -0.25) is 4.79 Å². The quantitative estimate of drug-likeness (QED) is 0.839. The van der Waals surface area contributed by atoms with E-state index in [9.17, 15) is 4.79 Å². The summed E-state index contributed by atoms with van der Waals surface area (Å²) in [5.41, 5.74) is 6.50. The van der Waals surface area contributed by atoms with E-state index >= 15 is 0 Å². The summed E-state index contributed by atoms with van der Waals surface area (Å²) in [7, 11) is 0. The molecule has 0 spiro atoms. The van der Waals surface area contributed by atoms with Gasteiger partial charge in [0, 0.05) is 22.3 Å². The Balaban J connectivity index is 2.04. The van der Waals surface area contributed by atoms with E-state index in [2.05, 4.69) is 10.3 Å². The normalized spacial score (nSPS) is 10.2. The van der Waals surface area contributed by atoms with Crippen molar-refractivity contribution < 1.29 is 4.79 Å². The van der Waals surface area contributed by atoms with Crippen molar-refractivity contribution in [3.05, 3.63) is 45.4 Å². The van der Waals surface area contributed by atoms with Crippen LogP contribution in [0.5, 0.6) is 0 Å². The van der Waals surface area contributed by atoms with Crippen LogP contribution in [0.4, 0.5) is 5.69 Å². The largest absolute Gasteiger partial charge is 0.398 e. The SMILES string of the molecule is Nc1cc(Cl)ccc1C(=O)NCc1nccs1. The van der Waals surface area contributed by atoms with Crippen LogP contribution in [0.25, 0.3) is 0 Å². The number of nitrogens with zero attached hydrogens (tertiary/aromatic N) is 1. The molecule has 0 aliphatic rings. The zero-order valence-corrected chi connectivity index (χ0v) is 10.4. The second-order valence-corrected chi connectivity index (χ2v) is 4.76. The lowest BCUT2D eigenvalue weighted by molar-refractivity contribution is 0.0952. The highest BCUT2D eigenvalue weighted by Gasteiger charge is 2.09. The van der Waals surface area contributed by atoms with Gasteiger partial charge in [-0.05, 0) is 18.2 Å². The van der Waals surface area contributed by atoms with Crippen molar-refractivity contribution in [1.82, 2.24) is 10.3 Å². The molecule has 0 fully saturated rings. The summed E-state index contributed by atoms with van der Waals surface area (Å²) in [5.74, 6) is -0.227. The van der Waals surface area contributed by atoms with Crippen LogP contribution in [-0.2, 0) is 6.54 Å². The van der Waals surface area contributed by atoms with Crippen LogP contribution in [0, 0.1) is 0 Å². The Morgan fingerprint density at radius 2 is 2.35 bits per heavy atom. The van der Waals surface area contributed by atoms with E-state index in [4.69, 9.17) is 17.3 Å². The Morgan fingerprint density at radius 3 is 3.00 bits per heavy atom. The van der Waals surface area contributed by atoms with Crippen molar-refractivity contribution in [3.8, 4) is 0 Å². The molecule has 0 aliphatic heterocycles. The minimum absolute atomic E-state index is 0.227. The van der Waals surface area contributed by atoms with Crippen LogP contribution in [0.2, 0.25) is 5.02 Å². The molecule has 0 radical (unpaired) electrons. The van der Waals surface area contributed by atoms with E-state index in [0.717, 1.165) is 5.01 Å². The number of amides is 1. The molecule has 1 aromatic carbocycles. The Labute approximate surface area is 107 Å². The highest BCUT2D eigenvalue weighted by molar-refractivity contribution is 7.09. The summed E-state index contributed by atoms with van der Waals surface area (Å²) in [6.07, 6.45) is 1.70. The van der Waals surface area contributed by atoms with Crippen LogP contribution in [0.1, 0.15) is 15.4 Å². The van der Waals surface area contributed by atoms with Crippen molar-refractivity contribution >= 4 is 34.5 Å². The summed E-state index contributed by atoms with van der Waals surface area (Å²) < 4.78 is 0. The Hall–Kier alpha value is -1.59. The lowest BCUT2D eigenvalue weighted by Gasteiger charge is -2.06. The Morgan fingerprint density at radius 1 is 1.53 bits per heavy atom.